The molecule has 1 spiro atoms. The van der Waals surface area contributed by atoms with Crippen LogP contribution in [-0.2, 0) is 6.42 Å². The molecule has 1 aromatic heterocycles. The van der Waals surface area contributed by atoms with Crippen molar-refractivity contribution >= 4 is 11.5 Å². The lowest BCUT2D eigenvalue weighted by Crippen LogP contribution is -2.63. The molecule has 2 fully saturated rings. The molecule has 1 saturated carbocycles. The van der Waals surface area contributed by atoms with Gasteiger partial charge >= 0.3 is 0 Å². The van der Waals surface area contributed by atoms with Crippen molar-refractivity contribution in [3.05, 3.63) is 71.3 Å². The molecule has 0 bridgehead atoms. The first-order valence-electron chi connectivity index (χ1n) is 13.0. The van der Waals surface area contributed by atoms with Crippen LogP contribution in [0, 0.1) is 10.8 Å². The van der Waals surface area contributed by atoms with E-state index in [9.17, 15) is 0 Å². The van der Waals surface area contributed by atoms with Crippen molar-refractivity contribution in [2.75, 3.05) is 18.8 Å². The van der Waals surface area contributed by atoms with Gasteiger partial charge in [-0.2, -0.15) is 5.10 Å². The fourth-order valence-electron chi connectivity index (χ4n) is 5.92. The van der Waals surface area contributed by atoms with E-state index in [1.165, 1.54) is 37.1 Å². The average molecular weight is 470 g/mol. The van der Waals surface area contributed by atoms with Crippen molar-refractivity contribution in [1.29, 1.82) is 5.41 Å². The van der Waals surface area contributed by atoms with E-state index in [4.69, 9.17) is 16.2 Å². The minimum atomic E-state index is 0.260. The number of nitrogens with zero attached hydrogens (tertiary/aromatic N) is 3. The van der Waals surface area contributed by atoms with E-state index in [-0.39, 0.29) is 5.54 Å². The Bertz CT molecular complexity index is 1180. The van der Waals surface area contributed by atoms with E-state index in [2.05, 4.69) is 74.2 Å². The molecule has 2 heterocycles. The lowest BCUT2D eigenvalue weighted by molar-refractivity contribution is -0.0844. The second kappa shape index (κ2) is 8.94. The van der Waals surface area contributed by atoms with Crippen LogP contribution in [-0.4, -0.2) is 39.0 Å². The van der Waals surface area contributed by atoms with Crippen LogP contribution in [0.4, 0.5) is 5.82 Å². The Morgan fingerprint density at radius 2 is 1.60 bits per heavy atom. The highest BCUT2D eigenvalue weighted by molar-refractivity contribution is 6.05. The third kappa shape index (κ3) is 4.66. The number of hydrogen-bond donors (Lipinski definition) is 2. The number of rotatable bonds is 5. The molecular formula is C30H39N5. The molecule has 3 N–H and O–H groups in total. The number of benzene rings is 2. The molecule has 0 atom stereocenters. The largest absolute Gasteiger partial charge is 0.383 e. The second-order valence-corrected chi connectivity index (χ2v) is 11.8. The van der Waals surface area contributed by atoms with E-state index < -0.39 is 0 Å². The van der Waals surface area contributed by atoms with E-state index in [0.717, 1.165) is 36.1 Å². The number of nitrogens with two attached hydrogens (primary N) is 1. The number of nitrogen functional groups attached to an aromatic ring is 1. The van der Waals surface area contributed by atoms with E-state index in [1.54, 1.807) is 0 Å². The predicted octanol–water partition coefficient (Wildman–Crippen LogP) is 6.33. The molecule has 0 radical (unpaired) electrons. The highest BCUT2D eigenvalue weighted by Crippen LogP contribution is 2.49. The SMILES string of the molecule is CC(=N)c1c(-c2ccc(Cc3ccccc3)cc2)nn(C2CCC3(CC2)CN(C(C)(C)C)C3)c1N. The van der Waals surface area contributed by atoms with Crippen molar-refractivity contribution in [3.8, 4) is 11.3 Å². The van der Waals surface area contributed by atoms with Gasteiger partial charge < -0.3 is 11.1 Å². The summed E-state index contributed by atoms with van der Waals surface area (Å²) in [5.41, 5.74) is 13.1. The molecule has 5 rings (SSSR count). The molecule has 1 aliphatic carbocycles. The number of hydrogen-bond acceptors (Lipinski definition) is 4. The number of anilines is 1. The Morgan fingerprint density at radius 1 is 1.00 bits per heavy atom. The summed E-state index contributed by atoms with van der Waals surface area (Å²) in [6, 6.07) is 19.4. The van der Waals surface area contributed by atoms with Crippen LogP contribution < -0.4 is 5.73 Å². The number of aromatic nitrogens is 2. The lowest BCUT2D eigenvalue weighted by atomic mass is 9.66. The van der Waals surface area contributed by atoms with Gasteiger partial charge in [-0.25, -0.2) is 4.68 Å². The maximum Gasteiger partial charge on any atom is 0.131 e. The van der Waals surface area contributed by atoms with Gasteiger partial charge in [-0.1, -0.05) is 54.6 Å². The van der Waals surface area contributed by atoms with Crippen molar-refractivity contribution < 1.29 is 0 Å². The van der Waals surface area contributed by atoms with Crippen molar-refractivity contribution in [2.45, 2.75) is 71.4 Å². The molecule has 2 aromatic carbocycles. The summed E-state index contributed by atoms with van der Waals surface area (Å²) in [5.74, 6) is 0.645. The van der Waals surface area contributed by atoms with Gasteiger partial charge in [-0.3, -0.25) is 4.90 Å². The second-order valence-electron chi connectivity index (χ2n) is 11.8. The Hall–Kier alpha value is -2.92. The normalized spacial score (nSPS) is 18.5. The van der Waals surface area contributed by atoms with Gasteiger partial charge in [0.2, 0.25) is 0 Å². The van der Waals surface area contributed by atoms with Crippen LogP contribution in [0.5, 0.6) is 0 Å². The first-order valence-corrected chi connectivity index (χ1v) is 13.0. The third-order valence-corrected chi connectivity index (χ3v) is 8.16. The van der Waals surface area contributed by atoms with E-state index in [1.807, 2.05) is 17.7 Å². The molecule has 5 nitrogen and oxygen atoms in total. The lowest BCUT2D eigenvalue weighted by Gasteiger charge is -2.58. The summed E-state index contributed by atoms with van der Waals surface area (Å²) in [6.07, 6.45) is 5.58. The van der Waals surface area contributed by atoms with Crippen molar-refractivity contribution in [3.63, 3.8) is 0 Å². The molecule has 184 valence electrons. The smallest absolute Gasteiger partial charge is 0.131 e. The van der Waals surface area contributed by atoms with Crippen LogP contribution in [0.1, 0.15) is 76.1 Å². The highest BCUT2D eigenvalue weighted by atomic mass is 15.3. The summed E-state index contributed by atoms with van der Waals surface area (Å²) in [6.45, 7) is 11.2. The van der Waals surface area contributed by atoms with Crippen LogP contribution in [0.25, 0.3) is 11.3 Å². The minimum Gasteiger partial charge on any atom is -0.383 e. The molecule has 35 heavy (non-hydrogen) atoms. The van der Waals surface area contributed by atoms with Crippen molar-refractivity contribution in [2.24, 2.45) is 5.41 Å². The zero-order valence-electron chi connectivity index (χ0n) is 21.6. The fourth-order valence-corrected chi connectivity index (χ4v) is 5.92. The van der Waals surface area contributed by atoms with Gasteiger partial charge in [0.1, 0.15) is 11.5 Å². The molecule has 0 amide bonds. The molecular weight excluding hydrogens is 430 g/mol. The zero-order valence-corrected chi connectivity index (χ0v) is 21.6. The topological polar surface area (TPSA) is 70.9 Å². The molecule has 3 aromatic rings. The third-order valence-electron chi connectivity index (χ3n) is 8.16. The fraction of sp³-hybridized carbons (Fsp3) is 0.467. The van der Waals surface area contributed by atoms with Gasteiger partial charge in [0.25, 0.3) is 0 Å². The van der Waals surface area contributed by atoms with Crippen molar-refractivity contribution in [1.82, 2.24) is 14.7 Å². The van der Waals surface area contributed by atoms with Crippen LogP contribution >= 0.6 is 0 Å². The van der Waals surface area contributed by atoms with Crippen LogP contribution in [0.3, 0.4) is 0 Å². The van der Waals surface area contributed by atoms with Gasteiger partial charge in [-0.15, -0.1) is 0 Å². The monoisotopic (exact) mass is 469 g/mol. The molecule has 2 aliphatic rings. The predicted molar refractivity (Wildman–Crippen MR) is 145 cm³/mol. The van der Waals surface area contributed by atoms with E-state index >= 15 is 0 Å². The van der Waals surface area contributed by atoms with Crippen LogP contribution in [0.15, 0.2) is 54.6 Å². The maximum absolute atomic E-state index is 8.43. The standard InChI is InChI=1S/C30H39N5/c1-21(31)26-27(24-12-10-23(11-13-24)18-22-8-6-5-7-9-22)33-35(28(26)32)25-14-16-30(17-15-25)19-34(20-30)29(2,3)4/h5-13,25,31H,14-20,32H2,1-4H3. The van der Waals surface area contributed by atoms with E-state index in [0.29, 0.717) is 23.0 Å². The Morgan fingerprint density at radius 3 is 2.17 bits per heavy atom. The van der Waals surface area contributed by atoms with Crippen LogP contribution in [0.2, 0.25) is 0 Å². The van der Waals surface area contributed by atoms with Gasteiger partial charge in [0.05, 0.1) is 11.6 Å². The van der Waals surface area contributed by atoms with Gasteiger partial charge in [-0.05, 0) is 76.3 Å². The number of nitrogens with one attached hydrogen (secondary N) is 1. The van der Waals surface area contributed by atoms with Gasteiger partial charge in [0.15, 0.2) is 0 Å². The first-order chi connectivity index (χ1) is 16.7. The molecule has 5 heteroatoms. The van der Waals surface area contributed by atoms with Gasteiger partial charge in [0, 0.05) is 29.9 Å². The summed E-state index contributed by atoms with van der Waals surface area (Å²) in [4.78, 5) is 2.60. The number of likely N-dealkylation sites (tertiary alicyclic amines) is 1. The molecule has 1 aliphatic heterocycles. The maximum atomic E-state index is 8.43. The molecule has 1 saturated heterocycles. The summed E-state index contributed by atoms with van der Waals surface area (Å²) < 4.78 is 2.04. The first kappa shape index (κ1) is 23.8. The minimum absolute atomic E-state index is 0.260. The quantitative estimate of drug-likeness (QED) is 0.429. The average Bonchev–Trinajstić information content (AvgIpc) is 3.15. The summed E-state index contributed by atoms with van der Waals surface area (Å²) >= 11 is 0. The zero-order chi connectivity index (χ0) is 24.8. The Labute approximate surface area is 209 Å². The Kier molecular flexibility index (Phi) is 6.08. The Balaban J connectivity index is 1.33. The highest BCUT2D eigenvalue weighted by Gasteiger charge is 2.48. The molecule has 0 unspecified atom stereocenters. The summed E-state index contributed by atoms with van der Waals surface area (Å²) in [5, 5.41) is 13.5. The summed E-state index contributed by atoms with van der Waals surface area (Å²) in [7, 11) is 0.